The van der Waals surface area contributed by atoms with Gasteiger partial charge in [0.05, 0.1) is 11.2 Å². The quantitative estimate of drug-likeness (QED) is 0.915. The molecule has 0 radical (unpaired) electrons. The summed E-state index contributed by atoms with van der Waals surface area (Å²) in [5.74, 6) is 1.75. The number of anilines is 1. The molecule has 1 aliphatic carbocycles. The normalized spacial score (nSPS) is 21.9. The Morgan fingerprint density at radius 1 is 1.32 bits per heavy atom. The van der Waals surface area contributed by atoms with Crippen molar-refractivity contribution in [2.24, 2.45) is 5.73 Å². The van der Waals surface area contributed by atoms with Crippen LogP contribution < -0.4 is 15.4 Å². The van der Waals surface area contributed by atoms with Gasteiger partial charge in [0.25, 0.3) is 5.91 Å². The number of para-hydroxylation sites is 2. The summed E-state index contributed by atoms with van der Waals surface area (Å²) < 4.78 is 11.0. The van der Waals surface area contributed by atoms with Gasteiger partial charge in [-0.3, -0.25) is 4.79 Å². The number of carbonyl (C=O) groups excluding carboxylic acids is 1. The second-order valence-corrected chi connectivity index (χ2v) is 6.84. The minimum absolute atomic E-state index is 0.0653. The number of ether oxygens (including phenoxy) is 1. The zero-order valence-electron chi connectivity index (χ0n) is 14.3. The summed E-state index contributed by atoms with van der Waals surface area (Å²) >= 11 is 0. The molecule has 2 heterocycles. The monoisotopic (exact) mass is 342 g/mol. The molecule has 1 saturated carbocycles. The van der Waals surface area contributed by atoms with E-state index in [0.29, 0.717) is 30.4 Å². The minimum atomic E-state index is -0.501. The number of aromatic nitrogens is 2. The number of amides is 1. The number of hydrogen-bond acceptors (Lipinski definition) is 6. The van der Waals surface area contributed by atoms with Crippen LogP contribution in [0.15, 0.2) is 28.8 Å². The topological polar surface area (TPSA) is 94.5 Å². The Hall–Kier alpha value is -2.41. The van der Waals surface area contributed by atoms with Crippen LogP contribution in [0.4, 0.5) is 5.69 Å². The van der Waals surface area contributed by atoms with Gasteiger partial charge in [0.1, 0.15) is 5.75 Å². The maximum atomic E-state index is 12.5. The van der Waals surface area contributed by atoms with Gasteiger partial charge in [0, 0.05) is 13.0 Å². The molecule has 0 spiro atoms. The van der Waals surface area contributed by atoms with Gasteiger partial charge in [-0.15, -0.1) is 0 Å². The summed E-state index contributed by atoms with van der Waals surface area (Å²) in [5, 5.41) is 4.07. The minimum Gasteiger partial charge on any atom is -0.479 e. The van der Waals surface area contributed by atoms with Crippen molar-refractivity contribution in [2.75, 3.05) is 11.4 Å². The largest absolute Gasteiger partial charge is 0.479 e. The first-order valence-electron chi connectivity index (χ1n) is 8.76. The van der Waals surface area contributed by atoms with Crippen molar-refractivity contribution in [3.63, 3.8) is 0 Å². The van der Waals surface area contributed by atoms with E-state index in [1.54, 1.807) is 11.8 Å². The zero-order valence-corrected chi connectivity index (χ0v) is 14.3. The molecular weight excluding hydrogens is 320 g/mol. The molecule has 1 aromatic heterocycles. The fourth-order valence-corrected chi connectivity index (χ4v) is 3.59. The molecule has 0 saturated heterocycles. The van der Waals surface area contributed by atoms with E-state index in [9.17, 15) is 4.79 Å². The third-order valence-electron chi connectivity index (χ3n) is 5.03. The molecule has 1 fully saturated rings. The first kappa shape index (κ1) is 16.1. The second kappa shape index (κ2) is 6.15. The molecule has 0 bridgehead atoms. The Morgan fingerprint density at radius 2 is 2.08 bits per heavy atom. The maximum Gasteiger partial charge on any atom is 0.267 e. The third kappa shape index (κ3) is 2.89. The van der Waals surface area contributed by atoms with Crippen LogP contribution in [0.3, 0.4) is 0 Å². The van der Waals surface area contributed by atoms with Gasteiger partial charge < -0.3 is 19.9 Å². The van der Waals surface area contributed by atoms with Crippen molar-refractivity contribution in [1.82, 2.24) is 10.1 Å². The SMILES string of the molecule is CC1Oc2ccccc2N(CCc2nc(C3(N)CCCC3)no2)C1=O. The molecule has 7 nitrogen and oxygen atoms in total. The molecule has 1 aliphatic heterocycles. The van der Waals surface area contributed by atoms with Crippen LogP contribution in [0, 0.1) is 0 Å². The van der Waals surface area contributed by atoms with Crippen LogP contribution in [-0.2, 0) is 16.8 Å². The van der Waals surface area contributed by atoms with Gasteiger partial charge in [0.2, 0.25) is 5.89 Å². The molecule has 1 amide bonds. The van der Waals surface area contributed by atoms with E-state index in [4.69, 9.17) is 15.0 Å². The van der Waals surface area contributed by atoms with E-state index in [0.717, 1.165) is 31.4 Å². The van der Waals surface area contributed by atoms with Crippen LogP contribution in [0.2, 0.25) is 0 Å². The fourth-order valence-electron chi connectivity index (χ4n) is 3.59. The fraction of sp³-hybridized carbons (Fsp3) is 0.500. The van der Waals surface area contributed by atoms with E-state index >= 15 is 0 Å². The lowest BCUT2D eigenvalue weighted by Gasteiger charge is -2.32. The highest BCUT2D eigenvalue weighted by atomic mass is 16.5. The first-order valence-corrected chi connectivity index (χ1v) is 8.76. The number of hydrogen-bond donors (Lipinski definition) is 1. The lowest BCUT2D eigenvalue weighted by molar-refractivity contribution is -0.125. The molecule has 1 atom stereocenters. The zero-order chi connectivity index (χ0) is 17.4. The van der Waals surface area contributed by atoms with Gasteiger partial charge >= 0.3 is 0 Å². The standard InChI is InChI=1S/C18H22N4O3/c1-12-16(23)22(13-6-2-3-7-14(13)24-12)11-8-15-20-17(21-25-15)18(19)9-4-5-10-18/h2-3,6-7,12H,4-5,8-11,19H2,1H3. The Bertz CT molecular complexity index is 782. The van der Waals surface area contributed by atoms with Crippen molar-refractivity contribution in [2.45, 2.75) is 50.7 Å². The Kier molecular flexibility index (Phi) is 3.95. The number of nitrogens with two attached hydrogens (primary N) is 1. The molecule has 132 valence electrons. The van der Waals surface area contributed by atoms with E-state index < -0.39 is 11.6 Å². The number of carbonyl (C=O) groups is 1. The van der Waals surface area contributed by atoms with E-state index in [1.165, 1.54) is 0 Å². The molecule has 1 unspecified atom stereocenters. The number of nitrogens with zero attached hydrogens (tertiary/aromatic N) is 3. The Morgan fingerprint density at radius 3 is 2.88 bits per heavy atom. The summed E-state index contributed by atoms with van der Waals surface area (Å²) in [4.78, 5) is 18.7. The predicted molar refractivity (Wildman–Crippen MR) is 91.2 cm³/mol. The lowest BCUT2D eigenvalue weighted by Crippen LogP contribution is -2.45. The van der Waals surface area contributed by atoms with E-state index in [2.05, 4.69) is 10.1 Å². The average molecular weight is 342 g/mol. The van der Waals surface area contributed by atoms with Crippen molar-refractivity contribution in [3.05, 3.63) is 36.0 Å². The Labute approximate surface area is 146 Å². The van der Waals surface area contributed by atoms with Crippen LogP contribution >= 0.6 is 0 Å². The second-order valence-electron chi connectivity index (χ2n) is 6.84. The summed E-state index contributed by atoms with van der Waals surface area (Å²) in [6.45, 7) is 2.22. The summed E-state index contributed by atoms with van der Waals surface area (Å²) in [5.41, 5.74) is 6.68. The summed E-state index contributed by atoms with van der Waals surface area (Å²) in [7, 11) is 0. The molecule has 2 aromatic rings. The third-order valence-corrected chi connectivity index (χ3v) is 5.03. The number of benzene rings is 1. The van der Waals surface area contributed by atoms with Crippen LogP contribution in [-0.4, -0.2) is 28.7 Å². The molecule has 1 aromatic carbocycles. The van der Waals surface area contributed by atoms with Crippen molar-refractivity contribution in [1.29, 1.82) is 0 Å². The molecule has 7 heteroatoms. The van der Waals surface area contributed by atoms with Gasteiger partial charge in [-0.2, -0.15) is 4.98 Å². The smallest absolute Gasteiger partial charge is 0.267 e. The van der Waals surface area contributed by atoms with Gasteiger partial charge in [-0.05, 0) is 31.9 Å². The highest BCUT2D eigenvalue weighted by molar-refractivity contribution is 5.99. The maximum absolute atomic E-state index is 12.5. The highest BCUT2D eigenvalue weighted by Crippen LogP contribution is 2.35. The number of rotatable bonds is 4. The van der Waals surface area contributed by atoms with Crippen LogP contribution in [0.5, 0.6) is 5.75 Å². The molecule has 4 rings (SSSR count). The molecule has 25 heavy (non-hydrogen) atoms. The van der Waals surface area contributed by atoms with Crippen molar-refractivity contribution < 1.29 is 14.1 Å². The molecular formula is C18H22N4O3. The molecule has 2 N–H and O–H groups in total. The molecule has 2 aliphatic rings. The van der Waals surface area contributed by atoms with Gasteiger partial charge in [0.15, 0.2) is 11.9 Å². The first-order chi connectivity index (χ1) is 12.1. The van der Waals surface area contributed by atoms with Gasteiger partial charge in [-0.1, -0.05) is 30.1 Å². The summed E-state index contributed by atoms with van der Waals surface area (Å²) in [6, 6.07) is 7.54. The Balaban J connectivity index is 1.50. The van der Waals surface area contributed by atoms with E-state index in [-0.39, 0.29) is 5.91 Å². The van der Waals surface area contributed by atoms with Crippen molar-refractivity contribution >= 4 is 11.6 Å². The van der Waals surface area contributed by atoms with Crippen molar-refractivity contribution in [3.8, 4) is 5.75 Å². The highest BCUT2D eigenvalue weighted by Gasteiger charge is 2.36. The van der Waals surface area contributed by atoms with E-state index in [1.807, 2.05) is 24.3 Å². The number of fused-ring (bicyclic) bond motifs is 1. The average Bonchev–Trinajstić information content (AvgIpc) is 3.25. The van der Waals surface area contributed by atoms with Crippen LogP contribution in [0.25, 0.3) is 0 Å². The van der Waals surface area contributed by atoms with Gasteiger partial charge in [-0.25, -0.2) is 0 Å². The lowest BCUT2D eigenvalue weighted by atomic mass is 9.99. The van der Waals surface area contributed by atoms with Crippen LogP contribution in [0.1, 0.15) is 44.3 Å². The predicted octanol–water partition coefficient (Wildman–Crippen LogP) is 2.15. The summed E-state index contributed by atoms with van der Waals surface area (Å²) in [6.07, 6.45) is 3.95.